The van der Waals surface area contributed by atoms with E-state index in [1.807, 2.05) is 92.7 Å². The minimum Gasteiger partial charge on any atom is -0.480 e. The van der Waals surface area contributed by atoms with Gasteiger partial charge in [-0.15, -0.1) is 0 Å². The first-order chi connectivity index (χ1) is 28.7. The van der Waals surface area contributed by atoms with E-state index in [0.717, 1.165) is 38.5 Å². The van der Waals surface area contributed by atoms with E-state index in [0.29, 0.717) is 6.42 Å². The van der Waals surface area contributed by atoms with Crippen molar-refractivity contribution in [1.82, 2.24) is 30.8 Å². The maximum absolute atomic E-state index is 14.8. The SMILES string of the molecule is CC(C)C[C@H](NC(=O)[C@@H](Cc1c[nH]c2ccccc12)NC(=O)[C@H](Cc1ccccc1)N(C)C(=O)[C@@H](Cc1c[nH]c2ccccc12)NC(=O)[C@@H](N)CCCN=C(N)N)C(=O)O. The molecule has 0 fully saturated rings. The molecular weight excluding hydrogens is 765 g/mol. The molecule has 4 amide bonds. The highest BCUT2D eigenvalue weighted by atomic mass is 16.4. The van der Waals surface area contributed by atoms with Crippen LogP contribution >= 0.6 is 0 Å². The average molecular weight is 821 g/mol. The number of nitrogens with one attached hydrogen (secondary N) is 5. The van der Waals surface area contributed by atoms with Gasteiger partial charge in [-0.1, -0.05) is 80.6 Å². The first kappa shape index (κ1) is 44.4. The summed E-state index contributed by atoms with van der Waals surface area (Å²) in [7, 11) is 1.48. The van der Waals surface area contributed by atoms with Crippen LogP contribution < -0.4 is 33.2 Å². The van der Waals surface area contributed by atoms with Gasteiger partial charge in [-0.2, -0.15) is 0 Å². The molecule has 0 saturated carbocycles. The maximum Gasteiger partial charge on any atom is 0.326 e. The van der Waals surface area contributed by atoms with Crippen LogP contribution in [0.1, 0.15) is 49.8 Å². The predicted molar refractivity (Wildman–Crippen MR) is 231 cm³/mol. The number of para-hydroxylation sites is 2. The summed E-state index contributed by atoms with van der Waals surface area (Å²) in [5.41, 5.74) is 21.0. The topological polar surface area (TPSA) is 267 Å². The lowest BCUT2D eigenvalue weighted by Crippen LogP contribution is -2.60. The number of aliphatic imine (C=N–C) groups is 1. The van der Waals surface area contributed by atoms with Crippen LogP contribution in [0.2, 0.25) is 0 Å². The lowest BCUT2D eigenvalue weighted by Gasteiger charge is -2.32. The first-order valence-electron chi connectivity index (χ1n) is 20.1. The summed E-state index contributed by atoms with van der Waals surface area (Å²) in [5.74, 6) is -3.79. The van der Waals surface area contributed by atoms with Crippen molar-refractivity contribution in [1.29, 1.82) is 0 Å². The number of carbonyl (C=O) groups is 5. The second-order valence-corrected chi connectivity index (χ2v) is 15.5. The second kappa shape index (κ2) is 20.8. The Kier molecular flexibility index (Phi) is 15.4. The molecule has 16 nitrogen and oxygen atoms in total. The van der Waals surface area contributed by atoms with Gasteiger partial charge in [0.2, 0.25) is 23.6 Å². The molecule has 16 heteroatoms. The number of likely N-dealkylation sites (N-methyl/N-ethyl adjacent to an activating group) is 1. The van der Waals surface area contributed by atoms with Crippen molar-refractivity contribution in [3.05, 3.63) is 108 Å². The number of nitrogens with two attached hydrogens (primary N) is 3. The largest absolute Gasteiger partial charge is 0.480 e. The third-order valence-electron chi connectivity index (χ3n) is 10.5. The molecule has 0 aliphatic heterocycles. The molecule has 5 atom stereocenters. The molecule has 318 valence electrons. The van der Waals surface area contributed by atoms with E-state index in [2.05, 4.69) is 30.9 Å². The highest BCUT2D eigenvalue weighted by Gasteiger charge is 2.36. The van der Waals surface area contributed by atoms with E-state index in [1.54, 1.807) is 12.4 Å². The van der Waals surface area contributed by atoms with Crippen molar-refractivity contribution in [2.24, 2.45) is 28.1 Å². The fourth-order valence-corrected chi connectivity index (χ4v) is 7.25. The number of carboxylic acids is 1. The average Bonchev–Trinajstić information content (AvgIpc) is 3.83. The lowest BCUT2D eigenvalue weighted by molar-refractivity contribution is -0.144. The van der Waals surface area contributed by atoms with Crippen molar-refractivity contribution in [3.63, 3.8) is 0 Å². The van der Waals surface area contributed by atoms with E-state index >= 15 is 0 Å². The number of hydrogen-bond donors (Lipinski definition) is 9. The molecule has 0 saturated heterocycles. The Morgan fingerprint density at radius 2 is 1.25 bits per heavy atom. The number of aromatic amines is 2. The molecule has 2 heterocycles. The van der Waals surface area contributed by atoms with Gasteiger partial charge >= 0.3 is 5.97 Å². The van der Waals surface area contributed by atoms with Gasteiger partial charge in [0.05, 0.1) is 6.04 Å². The van der Waals surface area contributed by atoms with Gasteiger partial charge in [-0.05, 0) is 54.0 Å². The summed E-state index contributed by atoms with van der Waals surface area (Å²) >= 11 is 0. The molecule has 0 aliphatic carbocycles. The van der Waals surface area contributed by atoms with Crippen LogP contribution in [0.4, 0.5) is 0 Å². The van der Waals surface area contributed by atoms with Crippen LogP contribution in [0.5, 0.6) is 0 Å². The van der Waals surface area contributed by atoms with Crippen LogP contribution in [0.3, 0.4) is 0 Å². The van der Waals surface area contributed by atoms with E-state index in [9.17, 15) is 29.1 Å². The number of carboxylic acid groups (broad SMARTS) is 1. The third kappa shape index (κ3) is 11.9. The fraction of sp³-hybridized carbons (Fsp3) is 0.364. The minimum atomic E-state index is -1.23. The quantitative estimate of drug-likeness (QED) is 0.0299. The Bertz CT molecular complexity index is 2280. The number of H-pyrrole nitrogens is 2. The molecule has 0 spiro atoms. The zero-order chi connectivity index (χ0) is 43.3. The molecule has 0 bridgehead atoms. The van der Waals surface area contributed by atoms with Crippen LogP contribution in [0.15, 0.2) is 96.2 Å². The zero-order valence-corrected chi connectivity index (χ0v) is 34.2. The molecule has 3 aromatic carbocycles. The summed E-state index contributed by atoms with van der Waals surface area (Å²) < 4.78 is 0. The van der Waals surface area contributed by atoms with Crippen molar-refractivity contribution in [2.75, 3.05) is 13.6 Å². The predicted octanol–water partition coefficient (Wildman–Crippen LogP) is 2.47. The van der Waals surface area contributed by atoms with Crippen molar-refractivity contribution in [2.45, 2.75) is 82.6 Å². The smallest absolute Gasteiger partial charge is 0.326 e. The Labute approximate surface area is 348 Å². The molecule has 0 unspecified atom stereocenters. The number of hydrogen-bond acceptors (Lipinski definition) is 7. The number of fused-ring (bicyclic) bond motifs is 2. The summed E-state index contributed by atoms with van der Waals surface area (Å²) in [6.07, 6.45) is 4.50. The monoisotopic (exact) mass is 820 g/mol. The fourth-order valence-electron chi connectivity index (χ4n) is 7.25. The van der Waals surface area contributed by atoms with Gasteiger partial charge in [0, 0.05) is 67.1 Å². The molecule has 5 rings (SSSR count). The van der Waals surface area contributed by atoms with Crippen LogP contribution in [-0.4, -0.2) is 99.3 Å². The van der Waals surface area contributed by atoms with Crippen molar-refractivity contribution < 1.29 is 29.1 Å². The number of rotatable bonds is 21. The summed E-state index contributed by atoms with van der Waals surface area (Å²) in [6.45, 7) is 3.98. The molecule has 0 radical (unpaired) electrons. The van der Waals surface area contributed by atoms with Gasteiger partial charge in [0.15, 0.2) is 5.96 Å². The number of nitrogens with zero attached hydrogens (tertiary/aromatic N) is 2. The van der Waals surface area contributed by atoms with Gasteiger partial charge in [-0.25, -0.2) is 4.79 Å². The number of carbonyl (C=O) groups excluding carboxylic acids is 4. The number of aliphatic carboxylic acids is 1. The van der Waals surface area contributed by atoms with Gasteiger partial charge in [0.1, 0.15) is 24.2 Å². The Hall–Kier alpha value is -6.68. The molecular formula is C44H56N10O6. The molecule has 5 aromatic rings. The number of aromatic nitrogens is 2. The van der Waals surface area contributed by atoms with E-state index < -0.39 is 59.8 Å². The number of amides is 4. The maximum atomic E-state index is 14.8. The number of benzene rings is 3. The Balaban J connectivity index is 1.47. The van der Waals surface area contributed by atoms with Crippen LogP contribution in [0.25, 0.3) is 21.8 Å². The van der Waals surface area contributed by atoms with E-state index in [-0.39, 0.29) is 50.5 Å². The molecule has 60 heavy (non-hydrogen) atoms. The second-order valence-electron chi connectivity index (χ2n) is 15.5. The first-order valence-corrected chi connectivity index (χ1v) is 20.1. The highest BCUT2D eigenvalue weighted by Crippen LogP contribution is 2.22. The molecule has 2 aromatic heterocycles. The van der Waals surface area contributed by atoms with Crippen molar-refractivity contribution >= 4 is 57.4 Å². The van der Waals surface area contributed by atoms with E-state index in [4.69, 9.17) is 17.2 Å². The lowest BCUT2D eigenvalue weighted by atomic mass is 9.98. The van der Waals surface area contributed by atoms with Crippen molar-refractivity contribution in [3.8, 4) is 0 Å². The van der Waals surface area contributed by atoms with Gasteiger partial charge in [0.25, 0.3) is 0 Å². The van der Waals surface area contributed by atoms with Gasteiger partial charge < -0.3 is 53.1 Å². The normalized spacial score (nSPS) is 13.8. The summed E-state index contributed by atoms with van der Waals surface area (Å²) in [5, 5.41) is 20.1. The summed E-state index contributed by atoms with van der Waals surface area (Å²) in [4.78, 5) is 81.0. The summed E-state index contributed by atoms with van der Waals surface area (Å²) in [6, 6.07) is 18.4. The van der Waals surface area contributed by atoms with Gasteiger partial charge in [-0.3, -0.25) is 24.2 Å². The standard InChI is InChI=1S/C44H56N10O6/c1-26(2)20-37(43(59)60)53-40(56)35(22-28-24-49-33-17-9-7-14-30(28)33)51-41(57)38(21-27-12-5-4-6-13-27)54(3)42(58)36(23-29-25-50-34-18-10-8-15-31(29)34)52-39(55)32(45)16-11-19-48-44(46)47/h4-10,12-15,17-18,24-26,32,35-38,49-50H,11,16,19-23,45H2,1-3H3,(H,51,57)(H,52,55)(H,53,56)(H,59,60)(H4,46,47,48)/t32-,35+,36+,37-,38-/m0/s1. The highest BCUT2D eigenvalue weighted by molar-refractivity contribution is 5.96. The van der Waals surface area contributed by atoms with Crippen LogP contribution in [0, 0.1) is 5.92 Å². The zero-order valence-electron chi connectivity index (χ0n) is 34.2. The Morgan fingerprint density at radius 3 is 1.82 bits per heavy atom. The van der Waals surface area contributed by atoms with E-state index in [1.165, 1.54) is 11.9 Å². The Morgan fingerprint density at radius 1 is 0.717 bits per heavy atom. The number of guanidine groups is 1. The minimum absolute atomic E-state index is 0.0195. The van der Waals surface area contributed by atoms with Crippen LogP contribution in [-0.2, 0) is 43.2 Å². The third-order valence-corrected chi connectivity index (χ3v) is 10.5. The molecule has 0 aliphatic rings. The molecule has 12 N–H and O–H groups in total.